The number of piperidine rings is 1. The molecule has 0 bridgehead atoms. The van der Waals surface area contributed by atoms with E-state index in [1.165, 1.54) is 32.4 Å². The quantitative estimate of drug-likeness (QED) is 0.796. The molecular weight excluding hydrogens is 210 g/mol. The van der Waals surface area contributed by atoms with Crippen LogP contribution in [0.4, 0.5) is 0 Å². The van der Waals surface area contributed by atoms with Crippen molar-refractivity contribution in [2.24, 2.45) is 5.92 Å². The van der Waals surface area contributed by atoms with Crippen LogP contribution in [0.15, 0.2) is 9.64 Å². The third-order valence-electron chi connectivity index (χ3n) is 2.72. The summed E-state index contributed by atoms with van der Waals surface area (Å²) >= 11 is 1.67. The molecule has 1 saturated heterocycles. The second-order valence-electron chi connectivity index (χ2n) is 3.92. The van der Waals surface area contributed by atoms with Crippen LogP contribution in [0.5, 0.6) is 0 Å². The summed E-state index contributed by atoms with van der Waals surface area (Å²) in [6.45, 7) is 4.17. The fourth-order valence-corrected chi connectivity index (χ4v) is 2.72. The van der Waals surface area contributed by atoms with Gasteiger partial charge >= 0.3 is 0 Å². The standard InChI is InChI=1S/C10H17N3OS/c1-8-12-13-10(14-8)15-7-4-9-2-5-11-6-3-9/h9,11H,2-7H2,1H3. The molecule has 84 valence electrons. The number of thioether (sulfide) groups is 1. The Morgan fingerprint density at radius 1 is 1.40 bits per heavy atom. The zero-order valence-corrected chi connectivity index (χ0v) is 9.85. The van der Waals surface area contributed by atoms with Gasteiger partial charge in [-0.15, -0.1) is 10.2 Å². The first kappa shape index (κ1) is 11.0. The summed E-state index contributed by atoms with van der Waals surface area (Å²) < 4.78 is 5.30. The van der Waals surface area contributed by atoms with Crippen molar-refractivity contribution >= 4 is 11.8 Å². The van der Waals surface area contributed by atoms with Gasteiger partial charge in [0.1, 0.15) is 0 Å². The maximum atomic E-state index is 5.30. The van der Waals surface area contributed by atoms with Crippen LogP contribution in [0.25, 0.3) is 0 Å². The maximum absolute atomic E-state index is 5.30. The van der Waals surface area contributed by atoms with Crippen LogP contribution in [0.3, 0.4) is 0 Å². The number of aromatic nitrogens is 2. The van der Waals surface area contributed by atoms with Crippen LogP contribution < -0.4 is 5.32 Å². The van der Waals surface area contributed by atoms with Gasteiger partial charge in [0, 0.05) is 12.7 Å². The van der Waals surface area contributed by atoms with E-state index >= 15 is 0 Å². The lowest BCUT2D eigenvalue weighted by molar-refractivity contribution is 0.366. The van der Waals surface area contributed by atoms with E-state index in [9.17, 15) is 0 Å². The minimum Gasteiger partial charge on any atom is -0.416 e. The van der Waals surface area contributed by atoms with Gasteiger partial charge in [-0.1, -0.05) is 11.8 Å². The highest BCUT2D eigenvalue weighted by atomic mass is 32.2. The number of hydrogen-bond donors (Lipinski definition) is 1. The van der Waals surface area contributed by atoms with Gasteiger partial charge in [0.2, 0.25) is 5.89 Å². The van der Waals surface area contributed by atoms with Crippen molar-refractivity contribution < 1.29 is 4.42 Å². The molecule has 1 aliphatic rings. The second kappa shape index (κ2) is 5.51. The van der Waals surface area contributed by atoms with Crippen molar-refractivity contribution in [1.82, 2.24) is 15.5 Å². The number of nitrogens with zero attached hydrogens (tertiary/aromatic N) is 2. The first-order chi connectivity index (χ1) is 7.34. The Morgan fingerprint density at radius 3 is 2.87 bits per heavy atom. The Hall–Kier alpha value is -0.550. The summed E-state index contributed by atoms with van der Waals surface area (Å²) in [4.78, 5) is 0. The Kier molecular flexibility index (Phi) is 4.02. The molecule has 2 heterocycles. The van der Waals surface area contributed by atoms with Crippen LogP contribution in [-0.4, -0.2) is 29.0 Å². The molecule has 4 nitrogen and oxygen atoms in total. The van der Waals surface area contributed by atoms with E-state index in [1.54, 1.807) is 11.8 Å². The molecule has 5 heteroatoms. The van der Waals surface area contributed by atoms with Gasteiger partial charge in [-0.3, -0.25) is 0 Å². The minimum absolute atomic E-state index is 0.652. The average Bonchev–Trinajstić information content (AvgIpc) is 2.66. The van der Waals surface area contributed by atoms with E-state index < -0.39 is 0 Å². The number of rotatable bonds is 4. The largest absolute Gasteiger partial charge is 0.416 e. The number of nitrogens with one attached hydrogen (secondary N) is 1. The summed E-state index contributed by atoms with van der Waals surface area (Å²) in [5.41, 5.74) is 0. The lowest BCUT2D eigenvalue weighted by atomic mass is 9.96. The SMILES string of the molecule is Cc1nnc(SCCC2CCNCC2)o1. The van der Waals surface area contributed by atoms with E-state index in [1.807, 2.05) is 6.92 Å². The molecule has 0 aromatic carbocycles. The highest BCUT2D eigenvalue weighted by molar-refractivity contribution is 7.99. The van der Waals surface area contributed by atoms with Crippen LogP contribution >= 0.6 is 11.8 Å². The lowest BCUT2D eigenvalue weighted by Crippen LogP contribution is -2.27. The number of aryl methyl sites for hydroxylation is 1. The molecule has 2 rings (SSSR count). The molecule has 1 aliphatic heterocycles. The molecule has 0 atom stereocenters. The maximum Gasteiger partial charge on any atom is 0.276 e. The van der Waals surface area contributed by atoms with Gasteiger partial charge in [-0.25, -0.2) is 0 Å². The van der Waals surface area contributed by atoms with Crippen LogP contribution in [0, 0.1) is 12.8 Å². The lowest BCUT2D eigenvalue weighted by Gasteiger charge is -2.21. The summed E-state index contributed by atoms with van der Waals surface area (Å²) in [5.74, 6) is 2.62. The third kappa shape index (κ3) is 3.50. The van der Waals surface area contributed by atoms with Crippen LogP contribution in [-0.2, 0) is 0 Å². The molecule has 15 heavy (non-hydrogen) atoms. The normalized spacial score (nSPS) is 18.2. The molecule has 1 aromatic heterocycles. The first-order valence-electron chi connectivity index (χ1n) is 5.48. The molecule has 0 amide bonds. The van der Waals surface area contributed by atoms with Crippen molar-refractivity contribution in [1.29, 1.82) is 0 Å². The Labute approximate surface area is 94.2 Å². The van der Waals surface area contributed by atoms with Gasteiger partial charge in [0.15, 0.2) is 0 Å². The van der Waals surface area contributed by atoms with Gasteiger partial charge in [0.25, 0.3) is 5.22 Å². The van der Waals surface area contributed by atoms with Gasteiger partial charge in [0.05, 0.1) is 0 Å². The third-order valence-corrected chi connectivity index (χ3v) is 3.57. The summed E-state index contributed by atoms with van der Waals surface area (Å²) in [7, 11) is 0. The van der Waals surface area contributed by atoms with Gasteiger partial charge < -0.3 is 9.73 Å². The Morgan fingerprint density at radius 2 is 2.20 bits per heavy atom. The molecule has 0 unspecified atom stereocenters. The fraction of sp³-hybridized carbons (Fsp3) is 0.800. The Balaban J connectivity index is 1.65. The minimum atomic E-state index is 0.652. The molecule has 0 saturated carbocycles. The zero-order chi connectivity index (χ0) is 10.5. The predicted molar refractivity (Wildman–Crippen MR) is 60.0 cm³/mol. The van der Waals surface area contributed by atoms with Crippen LogP contribution in [0.1, 0.15) is 25.2 Å². The van der Waals surface area contributed by atoms with Crippen molar-refractivity contribution in [2.45, 2.75) is 31.4 Å². The van der Waals surface area contributed by atoms with Crippen molar-refractivity contribution in [2.75, 3.05) is 18.8 Å². The molecule has 1 fully saturated rings. The summed E-state index contributed by atoms with van der Waals surface area (Å²) in [6, 6.07) is 0. The highest BCUT2D eigenvalue weighted by Gasteiger charge is 2.13. The molecular formula is C10H17N3OS. The van der Waals surface area contributed by atoms with Crippen molar-refractivity contribution in [3.05, 3.63) is 5.89 Å². The van der Waals surface area contributed by atoms with Gasteiger partial charge in [-0.05, 0) is 38.3 Å². The predicted octanol–water partition coefficient (Wildman–Crippen LogP) is 1.86. The topological polar surface area (TPSA) is 51.0 Å². The van der Waals surface area contributed by atoms with E-state index in [0.29, 0.717) is 11.1 Å². The fourth-order valence-electron chi connectivity index (χ4n) is 1.82. The average molecular weight is 227 g/mol. The molecule has 1 N–H and O–H groups in total. The monoisotopic (exact) mass is 227 g/mol. The second-order valence-corrected chi connectivity index (χ2v) is 4.96. The number of hydrogen-bond acceptors (Lipinski definition) is 5. The summed E-state index contributed by atoms with van der Waals surface area (Å²) in [5, 5.41) is 11.9. The van der Waals surface area contributed by atoms with E-state index in [0.717, 1.165) is 11.7 Å². The highest BCUT2D eigenvalue weighted by Crippen LogP contribution is 2.22. The molecule has 0 spiro atoms. The van der Waals surface area contributed by atoms with Crippen molar-refractivity contribution in [3.8, 4) is 0 Å². The molecule has 1 aromatic rings. The molecule has 0 radical (unpaired) electrons. The first-order valence-corrected chi connectivity index (χ1v) is 6.47. The summed E-state index contributed by atoms with van der Waals surface area (Å²) in [6.07, 6.45) is 3.88. The van der Waals surface area contributed by atoms with Crippen LogP contribution in [0.2, 0.25) is 0 Å². The van der Waals surface area contributed by atoms with Crippen molar-refractivity contribution in [3.63, 3.8) is 0 Å². The van der Waals surface area contributed by atoms with E-state index in [2.05, 4.69) is 15.5 Å². The van der Waals surface area contributed by atoms with E-state index in [4.69, 9.17) is 4.42 Å². The molecule has 0 aliphatic carbocycles. The zero-order valence-electron chi connectivity index (χ0n) is 9.03. The van der Waals surface area contributed by atoms with Gasteiger partial charge in [-0.2, -0.15) is 0 Å². The van der Waals surface area contributed by atoms with E-state index in [-0.39, 0.29) is 0 Å². The smallest absolute Gasteiger partial charge is 0.276 e. The Bertz CT molecular complexity index is 297.